The summed E-state index contributed by atoms with van der Waals surface area (Å²) in [6.07, 6.45) is 6.04. The lowest BCUT2D eigenvalue weighted by Gasteiger charge is -2.34. The molecule has 3 heterocycles. The highest BCUT2D eigenvalue weighted by Crippen LogP contribution is 2.30. The molecule has 2 aliphatic heterocycles. The predicted octanol–water partition coefficient (Wildman–Crippen LogP) is 4.32. The first kappa shape index (κ1) is 25.6. The minimum atomic E-state index is -2.83. The van der Waals surface area contributed by atoms with Crippen molar-refractivity contribution in [2.45, 2.75) is 44.6 Å². The number of carbonyl (C=O) groups is 1. The topological polar surface area (TPSA) is 84.6 Å². The number of anilines is 1. The zero-order chi connectivity index (χ0) is 25.0. The van der Waals surface area contributed by atoms with Crippen LogP contribution in [0.3, 0.4) is 0 Å². The molecule has 0 aliphatic carbocycles. The standard InChI is InChI=1S/C25H32ClF2N5O2/c1-17(18-6-10-32(11-7-18)24-30-14-20(26)15-31-24)8-13-35-21-4-2-19(3-5-21)22(29)23(34)33-12-9-25(27,28)16-33/h2-5,14-15,17-18,22H,6-13,16,29H2,1H3/t17-,22-/m1/s1. The number of benzene rings is 1. The van der Waals surface area contributed by atoms with Crippen molar-refractivity contribution in [3.05, 3.63) is 47.2 Å². The van der Waals surface area contributed by atoms with Crippen LogP contribution in [0.15, 0.2) is 36.7 Å². The van der Waals surface area contributed by atoms with Crippen LogP contribution in [0, 0.1) is 11.8 Å². The molecule has 7 nitrogen and oxygen atoms in total. The van der Waals surface area contributed by atoms with Gasteiger partial charge in [-0.3, -0.25) is 4.79 Å². The molecule has 2 fully saturated rings. The molecule has 1 amide bonds. The SMILES string of the molecule is C[C@H](CCOc1ccc([C@@H](N)C(=O)N2CCC(F)(F)C2)cc1)C1CCN(c2ncc(Cl)cn2)CC1. The van der Waals surface area contributed by atoms with Crippen molar-refractivity contribution in [2.75, 3.05) is 37.7 Å². The number of hydrogen-bond acceptors (Lipinski definition) is 6. The molecule has 2 saturated heterocycles. The van der Waals surface area contributed by atoms with Crippen molar-refractivity contribution < 1.29 is 18.3 Å². The third kappa shape index (κ3) is 6.58. The Labute approximate surface area is 209 Å². The molecule has 0 bridgehead atoms. The van der Waals surface area contributed by atoms with Crippen molar-refractivity contribution >= 4 is 23.5 Å². The fourth-order valence-corrected chi connectivity index (χ4v) is 4.87. The number of piperidine rings is 1. The Morgan fingerprint density at radius 2 is 1.86 bits per heavy atom. The molecule has 0 unspecified atom stereocenters. The maximum Gasteiger partial charge on any atom is 0.267 e. The van der Waals surface area contributed by atoms with Crippen LogP contribution in [0.5, 0.6) is 5.75 Å². The smallest absolute Gasteiger partial charge is 0.267 e. The summed E-state index contributed by atoms with van der Waals surface area (Å²) in [6.45, 7) is 4.17. The second-order valence-electron chi connectivity index (χ2n) is 9.55. The molecule has 10 heteroatoms. The van der Waals surface area contributed by atoms with Gasteiger partial charge in [-0.1, -0.05) is 30.7 Å². The first-order valence-corrected chi connectivity index (χ1v) is 12.5. The van der Waals surface area contributed by atoms with Gasteiger partial charge in [0.2, 0.25) is 11.9 Å². The van der Waals surface area contributed by atoms with Gasteiger partial charge in [0, 0.05) is 26.1 Å². The van der Waals surface area contributed by atoms with Crippen molar-refractivity contribution in [3.8, 4) is 5.75 Å². The van der Waals surface area contributed by atoms with Crippen molar-refractivity contribution in [1.29, 1.82) is 0 Å². The third-order valence-corrected chi connectivity index (χ3v) is 7.26. The Bertz CT molecular complexity index is 984. The Hall–Kier alpha value is -2.52. The summed E-state index contributed by atoms with van der Waals surface area (Å²) in [5.41, 5.74) is 6.62. The van der Waals surface area contributed by atoms with E-state index in [1.807, 2.05) is 0 Å². The second kappa shape index (κ2) is 11.0. The van der Waals surface area contributed by atoms with Gasteiger partial charge in [0.15, 0.2) is 0 Å². The number of nitrogens with zero attached hydrogens (tertiary/aromatic N) is 4. The van der Waals surface area contributed by atoms with E-state index in [0.29, 0.717) is 34.8 Å². The Morgan fingerprint density at radius 3 is 2.46 bits per heavy atom. The van der Waals surface area contributed by atoms with Crippen LogP contribution in [-0.4, -0.2) is 59.5 Å². The second-order valence-corrected chi connectivity index (χ2v) is 9.99. The molecule has 2 atom stereocenters. The molecular formula is C25H32ClF2N5O2. The van der Waals surface area contributed by atoms with Crippen LogP contribution >= 0.6 is 11.6 Å². The van der Waals surface area contributed by atoms with Gasteiger partial charge < -0.3 is 20.3 Å². The summed E-state index contributed by atoms with van der Waals surface area (Å²) < 4.78 is 32.7. The minimum Gasteiger partial charge on any atom is -0.494 e. The van der Waals surface area contributed by atoms with E-state index in [1.165, 1.54) is 0 Å². The van der Waals surface area contributed by atoms with E-state index in [2.05, 4.69) is 21.8 Å². The summed E-state index contributed by atoms with van der Waals surface area (Å²) in [6, 6.07) is 6.04. The molecule has 2 aliphatic rings. The maximum absolute atomic E-state index is 13.4. The average Bonchev–Trinajstić information content (AvgIpc) is 3.23. The number of amides is 1. The Balaban J connectivity index is 1.19. The van der Waals surface area contributed by atoms with Crippen molar-refractivity contribution in [3.63, 3.8) is 0 Å². The number of halogens is 3. The summed E-state index contributed by atoms with van der Waals surface area (Å²) in [7, 11) is 0. The zero-order valence-corrected chi connectivity index (χ0v) is 20.6. The molecule has 1 aromatic carbocycles. The van der Waals surface area contributed by atoms with E-state index in [-0.39, 0.29) is 13.0 Å². The summed E-state index contributed by atoms with van der Waals surface area (Å²) in [5.74, 6) is -0.737. The number of alkyl halides is 2. The fourth-order valence-electron chi connectivity index (χ4n) is 4.77. The van der Waals surface area contributed by atoms with Crippen LogP contribution in [-0.2, 0) is 4.79 Å². The van der Waals surface area contributed by atoms with E-state index in [9.17, 15) is 13.6 Å². The zero-order valence-electron chi connectivity index (χ0n) is 19.9. The number of rotatable bonds is 8. The lowest BCUT2D eigenvalue weighted by molar-refractivity contribution is -0.133. The minimum absolute atomic E-state index is 0.0346. The lowest BCUT2D eigenvalue weighted by atomic mass is 9.84. The lowest BCUT2D eigenvalue weighted by Crippen LogP contribution is -2.38. The monoisotopic (exact) mass is 507 g/mol. The molecular weight excluding hydrogens is 476 g/mol. The molecule has 2 N–H and O–H groups in total. The van der Waals surface area contributed by atoms with E-state index < -0.39 is 24.4 Å². The van der Waals surface area contributed by atoms with Gasteiger partial charge in [0.25, 0.3) is 5.92 Å². The number of ether oxygens (including phenoxy) is 1. The van der Waals surface area contributed by atoms with Crippen LogP contribution in [0.1, 0.15) is 44.2 Å². The summed E-state index contributed by atoms with van der Waals surface area (Å²) in [5, 5.41) is 0.539. The molecule has 0 radical (unpaired) electrons. The van der Waals surface area contributed by atoms with Crippen molar-refractivity contribution in [1.82, 2.24) is 14.9 Å². The maximum atomic E-state index is 13.4. The van der Waals surface area contributed by atoms with Gasteiger partial charge in [-0.25, -0.2) is 18.7 Å². The van der Waals surface area contributed by atoms with E-state index in [4.69, 9.17) is 22.1 Å². The molecule has 0 spiro atoms. The number of carbonyl (C=O) groups excluding carboxylic acids is 1. The quantitative estimate of drug-likeness (QED) is 0.573. The third-order valence-electron chi connectivity index (χ3n) is 7.06. The predicted molar refractivity (Wildman–Crippen MR) is 131 cm³/mol. The van der Waals surface area contributed by atoms with Crippen LogP contribution in [0.2, 0.25) is 5.02 Å². The van der Waals surface area contributed by atoms with Crippen LogP contribution < -0.4 is 15.4 Å². The highest BCUT2D eigenvalue weighted by molar-refractivity contribution is 6.30. The summed E-state index contributed by atoms with van der Waals surface area (Å²) >= 11 is 5.88. The van der Waals surface area contributed by atoms with Crippen LogP contribution in [0.25, 0.3) is 0 Å². The van der Waals surface area contributed by atoms with E-state index in [1.54, 1.807) is 36.7 Å². The molecule has 0 saturated carbocycles. The first-order chi connectivity index (χ1) is 16.7. The van der Waals surface area contributed by atoms with Gasteiger partial charge in [-0.05, 0) is 48.8 Å². The van der Waals surface area contributed by atoms with Gasteiger partial charge in [-0.2, -0.15) is 0 Å². The van der Waals surface area contributed by atoms with E-state index >= 15 is 0 Å². The van der Waals surface area contributed by atoms with Gasteiger partial charge in [-0.15, -0.1) is 0 Å². The number of likely N-dealkylation sites (tertiary alicyclic amines) is 1. The number of hydrogen-bond donors (Lipinski definition) is 1. The number of aromatic nitrogens is 2. The van der Waals surface area contributed by atoms with E-state index in [0.717, 1.165) is 43.2 Å². The van der Waals surface area contributed by atoms with Crippen molar-refractivity contribution in [2.24, 2.45) is 17.6 Å². The number of nitrogens with two attached hydrogens (primary N) is 1. The highest BCUT2D eigenvalue weighted by atomic mass is 35.5. The molecule has 2 aromatic rings. The molecule has 4 rings (SSSR count). The molecule has 35 heavy (non-hydrogen) atoms. The molecule has 1 aromatic heterocycles. The molecule has 190 valence electrons. The average molecular weight is 508 g/mol. The Morgan fingerprint density at radius 1 is 1.20 bits per heavy atom. The fraction of sp³-hybridized carbons (Fsp3) is 0.560. The van der Waals surface area contributed by atoms with Gasteiger partial charge in [0.05, 0.1) is 30.6 Å². The highest BCUT2D eigenvalue weighted by Gasteiger charge is 2.41. The van der Waals surface area contributed by atoms with Gasteiger partial charge >= 0.3 is 0 Å². The Kier molecular flexibility index (Phi) is 8.06. The van der Waals surface area contributed by atoms with Gasteiger partial charge in [0.1, 0.15) is 11.8 Å². The van der Waals surface area contributed by atoms with Crippen LogP contribution in [0.4, 0.5) is 14.7 Å². The summed E-state index contributed by atoms with van der Waals surface area (Å²) in [4.78, 5) is 24.4. The normalized spacial score (nSPS) is 20.0. The largest absolute Gasteiger partial charge is 0.494 e. The first-order valence-electron chi connectivity index (χ1n) is 12.1.